The van der Waals surface area contributed by atoms with Gasteiger partial charge < -0.3 is 15.6 Å². The number of nitrogens with two attached hydrogens (primary N) is 1. The van der Waals surface area contributed by atoms with Crippen LogP contribution in [0, 0.1) is 0 Å². The molecule has 0 saturated heterocycles. The van der Waals surface area contributed by atoms with Crippen LogP contribution >= 0.6 is 12.4 Å². The quantitative estimate of drug-likeness (QED) is 0.587. The smallest absolute Gasteiger partial charge is 0.323 e. The molecule has 0 aromatic heterocycles. The minimum absolute atomic E-state index is 0. The molecule has 0 aliphatic rings. The van der Waals surface area contributed by atoms with Crippen LogP contribution in [0.4, 0.5) is 0 Å². The van der Waals surface area contributed by atoms with E-state index in [-0.39, 0.29) is 18.2 Å². The Balaban J connectivity index is 0.00000324. The normalized spacial score (nSPS) is 11.0. The third-order valence-corrected chi connectivity index (χ3v) is 2.14. The number of rotatable bonds is 6. The molecule has 0 bridgehead atoms. The number of hydrogen-bond acceptors (Lipinski definition) is 5. The van der Waals surface area contributed by atoms with Crippen molar-refractivity contribution in [2.75, 3.05) is 6.61 Å². The fraction of sp³-hybridized carbons (Fsp3) is 0.250. The number of ether oxygens (including phenoxy) is 1. The first-order valence-corrected chi connectivity index (χ1v) is 5.23. The predicted octanol–water partition coefficient (Wildman–Crippen LogP) is 0.636. The average molecular weight is 288 g/mol. The van der Waals surface area contributed by atoms with Crippen molar-refractivity contribution < 1.29 is 24.2 Å². The second-order valence-corrected chi connectivity index (χ2v) is 3.60. The Morgan fingerprint density at radius 1 is 1.21 bits per heavy atom. The molecule has 104 valence electrons. The maximum atomic E-state index is 11.6. The second-order valence-electron chi connectivity index (χ2n) is 3.60. The van der Waals surface area contributed by atoms with Gasteiger partial charge in [-0.15, -0.1) is 12.4 Å². The molecule has 0 saturated carbocycles. The van der Waals surface area contributed by atoms with Crippen LogP contribution in [0.1, 0.15) is 16.8 Å². The summed E-state index contributed by atoms with van der Waals surface area (Å²) in [6.07, 6.45) is -0.529. The summed E-state index contributed by atoms with van der Waals surface area (Å²) in [4.78, 5) is 33.1. The molecule has 0 spiro atoms. The van der Waals surface area contributed by atoms with Crippen LogP contribution in [-0.2, 0) is 14.3 Å². The molecular weight excluding hydrogens is 274 g/mol. The maximum Gasteiger partial charge on any atom is 0.323 e. The number of carbonyl (C=O) groups excluding carboxylic acids is 2. The van der Waals surface area contributed by atoms with Gasteiger partial charge >= 0.3 is 11.9 Å². The number of aliphatic carboxylic acids is 1. The second kappa shape index (κ2) is 8.23. The molecule has 0 radical (unpaired) electrons. The molecule has 6 nitrogen and oxygen atoms in total. The van der Waals surface area contributed by atoms with Crippen molar-refractivity contribution in [3.63, 3.8) is 0 Å². The standard InChI is InChI=1S/C12H13NO5.ClH/c13-9(6-11(15)16)12(17)18-7-10(14)8-4-2-1-3-5-8;/h1-5,9H,6-7,13H2,(H,15,16);1H. The van der Waals surface area contributed by atoms with Gasteiger partial charge in [-0.05, 0) is 0 Å². The summed E-state index contributed by atoms with van der Waals surface area (Å²) in [5.41, 5.74) is 5.69. The first-order valence-electron chi connectivity index (χ1n) is 5.23. The highest BCUT2D eigenvalue weighted by Gasteiger charge is 2.19. The van der Waals surface area contributed by atoms with E-state index in [0.29, 0.717) is 5.56 Å². The Morgan fingerprint density at radius 3 is 2.32 bits per heavy atom. The first kappa shape index (κ1) is 17.1. The van der Waals surface area contributed by atoms with Crippen molar-refractivity contribution in [1.29, 1.82) is 0 Å². The molecule has 3 N–H and O–H groups in total. The lowest BCUT2D eigenvalue weighted by Crippen LogP contribution is -2.35. The molecule has 1 unspecified atom stereocenters. The highest BCUT2D eigenvalue weighted by Crippen LogP contribution is 2.01. The van der Waals surface area contributed by atoms with Gasteiger partial charge in [0.25, 0.3) is 0 Å². The molecule has 0 aliphatic heterocycles. The number of hydrogen-bond donors (Lipinski definition) is 2. The molecule has 1 aromatic rings. The number of benzene rings is 1. The Hall–Kier alpha value is -1.92. The van der Waals surface area contributed by atoms with Gasteiger partial charge in [-0.3, -0.25) is 14.4 Å². The summed E-state index contributed by atoms with van der Waals surface area (Å²) in [5.74, 6) is -2.47. The Labute approximate surface area is 116 Å². The number of halogens is 1. The monoisotopic (exact) mass is 287 g/mol. The van der Waals surface area contributed by atoms with E-state index in [9.17, 15) is 14.4 Å². The zero-order chi connectivity index (χ0) is 13.5. The van der Waals surface area contributed by atoms with E-state index in [1.165, 1.54) is 0 Å². The Morgan fingerprint density at radius 2 is 1.79 bits per heavy atom. The lowest BCUT2D eigenvalue weighted by molar-refractivity contribution is -0.148. The first-order chi connectivity index (χ1) is 8.50. The fourth-order valence-corrected chi connectivity index (χ4v) is 1.22. The maximum absolute atomic E-state index is 11.6. The van der Waals surface area contributed by atoms with Gasteiger partial charge in [0.2, 0.25) is 0 Å². The third kappa shape index (κ3) is 5.98. The van der Waals surface area contributed by atoms with E-state index in [4.69, 9.17) is 10.8 Å². The fourth-order valence-electron chi connectivity index (χ4n) is 1.22. The summed E-state index contributed by atoms with van der Waals surface area (Å²) in [6, 6.07) is 7.05. The van der Waals surface area contributed by atoms with Gasteiger partial charge in [0.1, 0.15) is 6.04 Å². The topological polar surface area (TPSA) is 107 Å². The zero-order valence-corrected chi connectivity index (χ0v) is 10.8. The van der Waals surface area contributed by atoms with E-state index < -0.39 is 31.0 Å². The van der Waals surface area contributed by atoms with Gasteiger partial charge in [-0.1, -0.05) is 30.3 Å². The van der Waals surface area contributed by atoms with Gasteiger partial charge in [0.15, 0.2) is 12.4 Å². The van der Waals surface area contributed by atoms with Crippen molar-refractivity contribution in [3.8, 4) is 0 Å². The summed E-state index contributed by atoms with van der Waals surface area (Å²) >= 11 is 0. The SMILES string of the molecule is Cl.NC(CC(=O)O)C(=O)OCC(=O)c1ccccc1. The summed E-state index contributed by atoms with van der Waals surface area (Å²) in [5, 5.41) is 8.43. The van der Waals surface area contributed by atoms with Crippen molar-refractivity contribution in [3.05, 3.63) is 35.9 Å². The average Bonchev–Trinajstić information content (AvgIpc) is 2.35. The van der Waals surface area contributed by atoms with E-state index in [1.54, 1.807) is 30.3 Å². The highest BCUT2D eigenvalue weighted by atomic mass is 35.5. The molecule has 0 amide bonds. The zero-order valence-electron chi connectivity index (χ0n) is 9.94. The van der Waals surface area contributed by atoms with Crippen LogP contribution in [-0.4, -0.2) is 35.5 Å². The highest BCUT2D eigenvalue weighted by molar-refractivity contribution is 5.98. The predicted molar refractivity (Wildman–Crippen MR) is 69.2 cm³/mol. The van der Waals surface area contributed by atoms with E-state index in [2.05, 4.69) is 4.74 Å². The Kier molecular flexibility index (Phi) is 7.40. The minimum atomic E-state index is -1.26. The number of carboxylic acid groups (broad SMARTS) is 1. The van der Waals surface area contributed by atoms with Crippen LogP contribution < -0.4 is 5.73 Å². The molecule has 1 atom stereocenters. The lowest BCUT2D eigenvalue weighted by atomic mass is 10.1. The Bertz CT molecular complexity index is 449. The molecule has 0 fully saturated rings. The largest absolute Gasteiger partial charge is 0.481 e. The van der Waals surface area contributed by atoms with Crippen LogP contribution in [0.15, 0.2) is 30.3 Å². The van der Waals surface area contributed by atoms with Crippen LogP contribution in [0.2, 0.25) is 0 Å². The number of esters is 1. The number of carbonyl (C=O) groups is 3. The van der Waals surface area contributed by atoms with Crippen molar-refractivity contribution in [2.24, 2.45) is 5.73 Å². The minimum Gasteiger partial charge on any atom is -0.481 e. The molecule has 0 aliphatic carbocycles. The molecule has 0 heterocycles. The summed E-state index contributed by atoms with van der Waals surface area (Å²) in [6.45, 7) is -0.448. The molecule has 1 aromatic carbocycles. The molecule has 19 heavy (non-hydrogen) atoms. The number of ketones is 1. The lowest BCUT2D eigenvalue weighted by Gasteiger charge is -2.08. The summed E-state index contributed by atoms with van der Waals surface area (Å²) in [7, 11) is 0. The van der Waals surface area contributed by atoms with E-state index in [0.717, 1.165) is 0 Å². The third-order valence-electron chi connectivity index (χ3n) is 2.14. The summed E-state index contributed by atoms with van der Waals surface area (Å²) < 4.78 is 4.64. The van der Waals surface area contributed by atoms with Crippen LogP contribution in [0.25, 0.3) is 0 Å². The van der Waals surface area contributed by atoms with Crippen molar-refractivity contribution >= 4 is 30.1 Å². The van der Waals surface area contributed by atoms with Gasteiger partial charge in [-0.2, -0.15) is 0 Å². The molecule has 7 heteroatoms. The van der Waals surface area contributed by atoms with E-state index in [1.807, 2.05) is 0 Å². The molecule has 1 rings (SSSR count). The number of carboxylic acids is 1. The van der Waals surface area contributed by atoms with Crippen molar-refractivity contribution in [2.45, 2.75) is 12.5 Å². The van der Waals surface area contributed by atoms with Gasteiger partial charge in [0, 0.05) is 5.56 Å². The van der Waals surface area contributed by atoms with E-state index >= 15 is 0 Å². The van der Waals surface area contributed by atoms with Crippen molar-refractivity contribution in [1.82, 2.24) is 0 Å². The molecular formula is C12H14ClNO5. The van der Waals surface area contributed by atoms with Crippen LogP contribution in [0.5, 0.6) is 0 Å². The number of Topliss-reactive ketones (excluding diaryl/α,β-unsaturated/α-hetero) is 1. The van der Waals surface area contributed by atoms with Gasteiger partial charge in [0.05, 0.1) is 6.42 Å². The van der Waals surface area contributed by atoms with Gasteiger partial charge in [-0.25, -0.2) is 0 Å². The van der Waals surface area contributed by atoms with Crippen LogP contribution in [0.3, 0.4) is 0 Å².